The number of hydrogen-bond acceptors (Lipinski definition) is 7. The fourth-order valence-corrected chi connectivity index (χ4v) is 2.84. The highest BCUT2D eigenvalue weighted by molar-refractivity contribution is 7.13. The monoisotopic (exact) mass is 316 g/mol. The molecule has 0 radical (unpaired) electrons. The van der Waals surface area contributed by atoms with E-state index in [1.807, 2.05) is 24.4 Å². The number of nitrogen functional groups attached to an aromatic ring is 1. The summed E-state index contributed by atoms with van der Waals surface area (Å²) in [6.45, 7) is 2.78. The zero-order valence-corrected chi connectivity index (χ0v) is 13.2. The predicted octanol–water partition coefficient (Wildman–Crippen LogP) is 2.67. The van der Waals surface area contributed by atoms with Crippen molar-refractivity contribution < 1.29 is 9.47 Å². The molecule has 0 unspecified atom stereocenters. The number of aromatic nitrogens is 3. The van der Waals surface area contributed by atoms with E-state index in [0.29, 0.717) is 30.6 Å². The topological polar surface area (TPSA) is 83.2 Å². The SMILES string of the molecule is COCCOc1cc2c(N)nc(C)nc2cc1-c1nccs1. The van der Waals surface area contributed by atoms with Crippen LogP contribution < -0.4 is 10.5 Å². The van der Waals surface area contributed by atoms with Gasteiger partial charge in [0.25, 0.3) is 0 Å². The van der Waals surface area contributed by atoms with Gasteiger partial charge in [-0.1, -0.05) is 0 Å². The average molecular weight is 316 g/mol. The molecule has 0 aliphatic carbocycles. The van der Waals surface area contributed by atoms with Crippen molar-refractivity contribution in [2.75, 3.05) is 26.1 Å². The van der Waals surface area contributed by atoms with Gasteiger partial charge in [0.15, 0.2) is 0 Å². The highest BCUT2D eigenvalue weighted by Gasteiger charge is 2.14. The summed E-state index contributed by atoms with van der Waals surface area (Å²) < 4.78 is 10.9. The number of hydrogen-bond donors (Lipinski definition) is 1. The molecule has 2 heterocycles. The van der Waals surface area contributed by atoms with E-state index in [2.05, 4.69) is 15.0 Å². The number of ether oxygens (including phenoxy) is 2. The molecule has 2 aromatic heterocycles. The summed E-state index contributed by atoms with van der Waals surface area (Å²) in [5, 5.41) is 3.58. The van der Waals surface area contributed by atoms with Gasteiger partial charge < -0.3 is 15.2 Å². The van der Waals surface area contributed by atoms with E-state index in [-0.39, 0.29) is 0 Å². The van der Waals surface area contributed by atoms with Crippen molar-refractivity contribution >= 4 is 28.1 Å². The van der Waals surface area contributed by atoms with Gasteiger partial charge in [-0.05, 0) is 19.1 Å². The Kier molecular flexibility index (Phi) is 4.17. The second kappa shape index (κ2) is 6.25. The Morgan fingerprint density at radius 1 is 1.23 bits per heavy atom. The largest absolute Gasteiger partial charge is 0.490 e. The van der Waals surface area contributed by atoms with Gasteiger partial charge in [0.2, 0.25) is 0 Å². The third-order valence-electron chi connectivity index (χ3n) is 3.15. The van der Waals surface area contributed by atoms with Crippen LogP contribution in [0.15, 0.2) is 23.7 Å². The van der Waals surface area contributed by atoms with Crippen molar-refractivity contribution in [3.63, 3.8) is 0 Å². The summed E-state index contributed by atoms with van der Waals surface area (Å²) in [7, 11) is 1.64. The third kappa shape index (κ3) is 2.86. The molecule has 0 amide bonds. The lowest BCUT2D eigenvalue weighted by Gasteiger charge is -2.12. The van der Waals surface area contributed by atoms with Crippen LogP contribution in [-0.2, 0) is 4.74 Å². The molecule has 0 aliphatic heterocycles. The smallest absolute Gasteiger partial charge is 0.135 e. The van der Waals surface area contributed by atoms with Crippen LogP contribution in [0.25, 0.3) is 21.5 Å². The average Bonchev–Trinajstić information content (AvgIpc) is 3.01. The highest BCUT2D eigenvalue weighted by atomic mass is 32.1. The first kappa shape index (κ1) is 14.7. The Bertz CT molecular complexity index is 790. The third-order valence-corrected chi connectivity index (χ3v) is 3.95. The van der Waals surface area contributed by atoms with Crippen molar-refractivity contribution in [2.24, 2.45) is 0 Å². The van der Waals surface area contributed by atoms with Crippen LogP contribution >= 0.6 is 11.3 Å². The van der Waals surface area contributed by atoms with Gasteiger partial charge in [-0.25, -0.2) is 15.0 Å². The lowest BCUT2D eigenvalue weighted by molar-refractivity contribution is 0.146. The molecule has 2 N–H and O–H groups in total. The maximum absolute atomic E-state index is 6.01. The lowest BCUT2D eigenvalue weighted by atomic mass is 10.1. The van der Waals surface area contributed by atoms with Gasteiger partial charge in [-0.2, -0.15) is 0 Å². The van der Waals surface area contributed by atoms with Crippen LogP contribution in [0.1, 0.15) is 5.82 Å². The van der Waals surface area contributed by atoms with Crippen LogP contribution in [-0.4, -0.2) is 35.3 Å². The molecule has 22 heavy (non-hydrogen) atoms. The van der Waals surface area contributed by atoms with E-state index in [4.69, 9.17) is 15.2 Å². The fourth-order valence-electron chi connectivity index (χ4n) is 2.18. The molecule has 0 bridgehead atoms. The molecule has 3 aromatic rings. The predicted molar refractivity (Wildman–Crippen MR) is 87.2 cm³/mol. The maximum Gasteiger partial charge on any atom is 0.135 e. The first-order valence-corrected chi connectivity index (χ1v) is 7.66. The Morgan fingerprint density at radius 3 is 2.82 bits per heavy atom. The van der Waals surface area contributed by atoms with Crippen molar-refractivity contribution in [1.29, 1.82) is 0 Å². The van der Waals surface area contributed by atoms with Crippen LogP contribution in [0.4, 0.5) is 5.82 Å². The quantitative estimate of drug-likeness (QED) is 0.729. The number of aryl methyl sites for hydroxylation is 1. The second-order valence-electron chi connectivity index (χ2n) is 4.70. The summed E-state index contributed by atoms with van der Waals surface area (Å²) >= 11 is 1.55. The van der Waals surface area contributed by atoms with Gasteiger partial charge in [0.1, 0.15) is 29.0 Å². The highest BCUT2D eigenvalue weighted by Crippen LogP contribution is 2.36. The maximum atomic E-state index is 6.01. The fraction of sp³-hybridized carbons (Fsp3) is 0.267. The summed E-state index contributed by atoms with van der Waals surface area (Å²) in [4.78, 5) is 13.0. The van der Waals surface area contributed by atoms with Crippen LogP contribution in [0, 0.1) is 6.92 Å². The van der Waals surface area contributed by atoms with Crippen LogP contribution in [0.5, 0.6) is 5.75 Å². The number of nitrogens with two attached hydrogens (primary N) is 1. The number of methoxy groups -OCH3 is 1. The van der Waals surface area contributed by atoms with Gasteiger partial charge in [0, 0.05) is 24.1 Å². The summed E-state index contributed by atoms with van der Waals surface area (Å²) in [6, 6.07) is 3.82. The number of fused-ring (bicyclic) bond motifs is 1. The minimum absolute atomic E-state index is 0.449. The van der Waals surface area contributed by atoms with E-state index in [1.54, 1.807) is 24.6 Å². The zero-order chi connectivity index (χ0) is 15.5. The van der Waals surface area contributed by atoms with Crippen LogP contribution in [0.3, 0.4) is 0 Å². The van der Waals surface area contributed by atoms with E-state index in [1.165, 1.54) is 0 Å². The number of rotatable bonds is 5. The number of benzene rings is 1. The molecule has 0 fully saturated rings. The minimum atomic E-state index is 0.449. The number of thiazole rings is 1. The summed E-state index contributed by atoms with van der Waals surface area (Å²) in [6.07, 6.45) is 1.77. The molecule has 7 heteroatoms. The normalized spacial score (nSPS) is 11.0. The Hall–Kier alpha value is -2.25. The molecule has 1 aromatic carbocycles. The number of anilines is 1. The molecule has 3 rings (SSSR count). The van der Waals surface area contributed by atoms with Gasteiger partial charge in [-0.15, -0.1) is 11.3 Å². The number of nitrogens with zero attached hydrogens (tertiary/aromatic N) is 3. The van der Waals surface area contributed by atoms with Crippen molar-refractivity contribution in [3.8, 4) is 16.3 Å². The first-order valence-electron chi connectivity index (χ1n) is 6.78. The molecule has 114 valence electrons. The molecule has 0 aliphatic rings. The first-order chi connectivity index (χ1) is 10.7. The molecule has 0 saturated carbocycles. The van der Waals surface area contributed by atoms with E-state index in [0.717, 1.165) is 21.5 Å². The zero-order valence-electron chi connectivity index (χ0n) is 12.4. The Labute approximate surface area is 131 Å². The molecule has 0 saturated heterocycles. The van der Waals surface area contributed by atoms with Gasteiger partial charge in [-0.3, -0.25) is 0 Å². The van der Waals surface area contributed by atoms with Gasteiger partial charge in [0.05, 0.1) is 17.7 Å². The summed E-state index contributed by atoms with van der Waals surface area (Å²) in [5.74, 6) is 1.80. The van der Waals surface area contributed by atoms with E-state index in [9.17, 15) is 0 Å². The standard InChI is InChI=1S/C15H16N4O2S/c1-9-18-12-7-11(15-17-3-6-22-15)13(21-5-4-20-2)8-10(12)14(16)19-9/h3,6-8H,4-5H2,1-2H3,(H2,16,18,19). The van der Waals surface area contributed by atoms with Crippen molar-refractivity contribution in [2.45, 2.75) is 6.92 Å². The summed E-state index contributed by atoms with van der Waals surface area (Å²) in [5.41, 5.74) is 7.69. The Morgan fingerprint density at radius 2 is 2.09 bits per heavy atom. The van der Waals surface area contributed by atoms with Crippen LogP contribution in [0.2, 0.25) is 0 Å². The van der Waals surface area contributed by atoms with Crippen molar-refractivity contribution in [3.05, 3.63) is 29.5 Å². The van der Waals surface area contributed by atoms with Crippen molar-refractivity contribution in [1.82, 2.24) is 15.0 Å². The Balaban J connectivity index is 2.14. The molecular formula is C15H16N4O2S. The molecular weight excluding hydrogens is 300 g/mol. The van der Waals surface area contributed by atoms with E-state index < -0.39 is 0 Å². The molecule has 0 atom stereocenters. The minimum Gasteiger partial charge on any atom is -0.490 e. The molecule has 6 nitrogen and oxygen atoms in total. The van der Waals surface area contributed by atoms with E-state index >= 15 is 0 Å². The second-order valence-corrected chi connectivity index (χ2v) is 5.59. The molecule has 0 spiro atoms. The lowest BCUT2D eigenvalue weighted by Crippen LogP contribution is -2.06. The van der Waals surface area contributed by atoms with Gasteiger partial charge >= 0.3 is 0 Å².